The molecule has 2 aromatic carbocycles. The Morgan fingerprint density at radius 3 is 2.90 bits per heavy atom. The Morgan fingerprint density at radius 1 is 1.25 bits per heavy atom. The molecule has 6 heteroatoms. The number of anilines is 3. The predicted molar refractivity (Wildman–Crippen MR) is 74.7 cm³/mol. The molecule has 0 aliphatic heterocycles. The third-order valence-electron chi connectivity index (χ3n) is 2.83. The van der Waals surface area contributed by atoms with E-state index in [4.69, 9.17) is 14.9 Å². The van der Waals surface area contributed by atoms with Crippen molar-refractivity contribution < 1.29 is 13.5 Å². The van der Waals surface area contributed by atoms with Crippen LogP contribution in [-0.2, 0) is 0 Å². The molecule has 0 fully saturated rings. The Hall–Kier alpha value is -2.76. The number of fused-ring (bicyclic) bond motifs is 1. The molecule has 1 aromatic heterocycles. The molecular formula is C14H12FN3O2. The minimum Gasteiger partial charge on any atom is -0.497 e. The van der Waals surface area contributed by atoms with Crippen molar-refractivity contribution in [3.8, 4) is 5.75 Å². The maximum atomic E-state index is 13.7. The Morgan fingerprint density at radius 2 is 2.10 bits per heavy atom. The fourth-order valence-corrected chi connectivity index (χ4v) is 1.84. The summed E-state index contributed by atoms with van der Waals surface area (Å²) in [6, 6.07) is 9.67. The van der Waals surface area contributed by atoms with E-state index in [2.05, 4.69) is 10.3 Å². The van der Waals surface area contributed by atoms with E-state index in [0.29, 0.717) is 22.5 Å². The van der Waals surface area contributed by atoms with Gasteiger partial charge in [-0.15, -0.1) is 0 Å². The van der Waals surface area contributed by atoms with Crippen molar-refractivity contribution in [3.05, 3.63) is 42.2 Å². The third kappa shape index (κ3) is 2.23. The highest BCUT2D eigenvalue weighted by atomic mass is 19.1. The molecule has 1 heterocycles. The Balaban J connectivity index is 1.96. The van der Waals surface area contributed by atoms with Crippen molar-refractivity contribution in [1.29, 1.82) is 0 Å². The van der Waals surface area contributed by atoms with E-state index in [1.165, 1.54) is 25.3 Å². The van der Waals surface area contributed by atoms with Crippen LogP contribution < -0.4 is 15.8 Å². The molecule has 0 bridgehead atoms. The summed E-state index contributed by atoms with van der Waals surface area (Å²) >= 11 is 0. The molecule has 0 aliphatic carbocycles. The van der Waals surface area contributed by atoms with Crippen LogP contribution in [0.25, 0.3) is 11.1 Å². The number of hydrogen-bond donors (Lipinski definition) is 2. The van der Waals surface area contributed by atoms with Crippen molar-refractivity contribution >= 4 is 28.5 Å². The lowest BCUT2D eigenvalue weighted by atomic mass is 10.3. The first-order valence-electron chi connectivity index (χ1n) is 5.92. The van der Waals surface area contributed by atoms with Gasteiger partial charge in [-0.1, -0.05) is 0 Å². The number of nitrogens with zero attached hydrogens (tertiary/aromatic N) is 1. The van der Waals surface area contributed by atoms with E-state index in [9.17, 15) is 4.39 Å². The SMILES string of the molecule is COc1ccc(F)c(Nc2nc3cc(N)ccc3o2)c1. The molecule has 20 heavy (non-hydrogen) atoms. The number of hydrogen-bond acceptors (Lipinski definition) is 5. The Labute approximate surface area is 114 Å². The number of nitrogens with one attached hydrogen (secondary N) is 1. The Kier molecular flexibility index (Phi) is 2.90. The van der Waals surface area contributed by atoms with Crippen LogP contribution in [0.5, 0.6) is 5.75 Å². The van der Waals surface area contributed by atoms with Crippen LogP contribution in [0.1, 0.15) is 0 Å². The van der Waals surface area contributed by atoms with Gasteiger partial charge in [-0.05, 0) is 30.3 Å². The highest BCUT2D eigenvalue weighted by Gasteiger charge is 2.10. The lowest BCUT2D eigenvalue weighted by Gasteiger charge is -2.05. The maximum Gasteiger partial charge on any atom is 0.300 e. The highest BCUT2D eigenvalue weighted by molar-refractivity contribution is 5.78. The smallest absolute Gasteiger partial charge is 0.300 e. The van der Waals surface area contributed by atoms with E-state index in [0.717, 1.165) is 0 Å². The summed E-state index contributed by atoms with van der Waals surface area (Å²) in [5, 5.41) is 2.78. The zero-order chi connectivity index (χ0) is 14.1. The average molecular weight is 273 g/mol. The van der Waals surface area contributed by atoms with Gasteiger partial charge in [-0.2, -0.15) is 4.98 Å². The molecule has 5 nitrogen and oxygen atoms in total. The van der Waals surface area contributed by atoms with Gasteiger partial charge in [0.1, 0.15) is 17.1 Å². The van der Waals surface area contributed by atoms with Gasteiger partial charge in [0, 0.05) is 11.8 Å². The van der Waals surface area contributed by atoms with Gasteiger partial charge >= 0.3 is 0 Å². The summed E-state index contributed by atoms with van der Waals surface area (Å²) in [6.07, 6.45) is 0. The fraction of sp³-hybridized carbons (Fsp3) is 0.0714. The predicted octanol–water partition coefficient (Wildman–Crippen LogP) is 3.30. The molecule has 0 atom stereocenters. The van der Waals surface area contributed by atoms with Gasteiger partial charge in [0.2, 0.25) is 0 Å². The van der Waals surface area contributed by atoms with Gasteiger partial charge in [0.25, 0.3) is 6.01 Å². The normalized spacial score (nSPS) is 10.7. The van der Waals surface area contributed by atoms with Crippen molar-refractivity contribution in [3.63, 3.8) is 0 Å². The molecule has 0 saturated carbocycles. The summed E-state index contributed by atoms with van der Waals surface area (Å²) in [6.45, 7) is 0. The van der Waals surface area contributed by atoms with Gasteiger partial charge in [-0.25, -0.2) is 4.39 Å². The first-order chi connectivity index (χ1) is 9.65. The van der Waals surface area contributed by atoms with Crippen LogP contribution in [0.15, 0.2) is 40.8 Å². The number of methoxy groups -OCH3 is 1. The summed E-state index contributed by atoms with van der Waals surface area (Å²) in [5.74, 6) is 0.113. The average Bonchev–Trinajstić information content (AvgIpc) is 2.82. The third-order valence-corrected chi connectivity index (χ3v) is 2.83. The molecule has 0 aliphatic rings. The van der Waals surface area contributed by atoms with Crippen LogP contribution >= 0.6 is 0 Å². The molecular weight excluding hydrogens is 261 g/mol. The van der Waals surface area contributed by atoms with Crippen LogP contribution in [0.2, 0.25) is 0 Å². The molecule has 0 saturated heterocycles. The van der Waals surface area contributed by atoms with Crippen LogP contribution in [0, 0.1) is 5.82 Å². The minimum atomic E-state index is -0.424. The zero-order valence-electron chi connectivity index (χ0n) is 10.7. The summed E-state index contributed by atoms with van der Waals surface area (Å²) in [4.78, 5) is 4.20. The Bertz CT molecular complexity index is 770. The van der Waals surface area contributed by atoms with Gasteiger partial charge < -0.3 is 20.2 Å². The zero-order valence-corrected chi connectivity index (χ0v) is 10.7. The number of halogens is 1. The maximum absolute atomic E-state index is 13.7. The topological polar surface area (TPSA) is 73.3 Å². The number of oxazole rings is 1. The summed E-state index contributed by atoms with van der Waals surface area (Å²) in [7, 11) is 1.51. The van der Waals surface area contributed by atoms with E-state index < -0.39 is 5.82 Å². The summed E-state index contributed by atoms with van der Waals surface area (Å²) in [5.41, 5.74) is 7.66. The molecule has 0 radical (unpaired) electrons. The number of aromatic nitrogens is 1. The molecule has 3 N–H and O–H groups in total. The van der Waals surface area contributed by atoms with E-state index in [-0.39, 0.29) is 11.7 Å². The van der Waals surface area contributed by atoms with E-state index in [1.54, 1.807) is 18.2 Å². The molecule has 102 valence electrons. The number of ether oxygens (including phenoxy) is 1. The first kappa shape index (κ1) is 12.3. The molecule has 0 unspecified atom stereocenters. The van der Waals surface area contributed by atoms with Crippen molar-refractivity contribution in [2.75, 3.05) is 18.2 Å². The van der Waals surface area contributed by atoms with Gasteiger partial charge in [0.15, 0.2) is 5.58 Å². The largest absolute Gasteiger partial charge is 0.497 e. The fourth-order valence-electron chi connectivity index (χ4n) is 1.84. The first-order valence-corrected chi connectivity index (χ1v) is 5.92. The van der Waals surface area contributed by atoms with Gasteiger partial charge in [0.05, 0.1) is 12.8 Å². The minimum absolute atomic E-state index is 0.192. The van der Waals surface area contributed by atoms with Crippen LogP contribution in [0.4, 0.5) is 21.8 Å². The standard InChI is InChI=1S/C14H12FN3O2/c1-19-9-3-4-10(15)11(7-9)17-14-18-12-6-8(16)2-5-13(12)20-14/h2-7H,16H2,1H3,(H,17,18). The van der Waals surface area contributed by atoms with Gasteiger partial charge in [-0.3, -0.25) is 0 Å². The number of rotatable bonds is 3. The second kappa shape index (κ2) is 4.73. The second-order valence-electron chi connectivity index (χ2n) is 4.22. The molecule has 3 aromatic rings. The quantitative estimate of drug-likeness (QED) is 0.716. The van der Waals surface area contributed by atoms with E-state index >= 15 is 0 Å². The number of nitrogen functional groups attached to an aromatic ring is 1. The van der Waals surface area contributed by atoms with Crippen LogP contribution in [-0.4, -0.2) is 12.1 Å². The van der Waals surface area contributed by atoms with Crippen LogP contribution in [0.3, 0.4) is 0 Å². The number of nitrogens with two attached hydrogens (primary N) is 1. The summed E-state index contributed by atoms with van der Waals surface area (Å²) < 4.78 is 24.2. The lowest BCUT2D eigenvalue weighted by Crippen LogP contribution is -1.95. The molecule has 0 spiro atoms. The number of benzene rings is 2. The highest BCUT2D eigenvalue weighted by Crippen LogP contribution is 2.27. The lowest BCUT2D eigenvalue weighted by molar-refractivity contribution is 0.414. The molecule has 3 rings (SSSR count). The molecule has 0 amide bonds. The van der Waals surface area contributed by atoms with E-state index in [1.807, 2.05) is 0 Å². The van der Waals surface area contributed by atoms with Crippen molar-refractivity contribution in [2.24, 2.45) is 0 Å². The second-order valence-corrected chi connectivity index (χ2v) is 4.22. The van der Waals surface area contributed by atoms with Crippen molar-refractivity contribution in [2.45, 2.75) is 0 Å². The van der Waals surface area contributed by atoms with Crippen molar-refractivity contribution in [1.82, 2.24) is 4.98 Å². The monoisotopic (exact) mass is 273 g/mol.